The Morgan fingerprint density at radius 3 is 1.62 bits per heavy atom. The number of benzene rings is 8. The first-order chi connectivity index (χ1) is 30.4. The number of hydrogen-bond donors (Lipinski definition) is 0. The molecule has 3 aliphatic heterocycles. The van der Waals surface area contributed by atoms with Gasteiger partial charge in [0.05, 0.1) is 59.4 Å². The molecule has 0 atom stereocenters. The molecular weight excluding hydrogens is 841 g/mol. The quantitative estimate of drug-likeness (QED) is 0.123. The highest BCUT2D eigenvalue weighted by Crippen LogP contribution is 2.38. The zero-order valence-corrected chi connectivity index (χ0v) is 39.7. The molecule has 12 rings (SSSR count). The van der Waals surface area contributed by atoms with Crippen LogP contribution in [0.2, 0.25) is 39.3 Å². The number of fused-ring (bicyclic) bond motifs is 6. The van der Waals surface area contributed by atoms with E-state index in [0.717, 1.165) is 82.0 Å². The van der Waals surface area contributed by atoms with E-state index in [2.05, 4.69) is 184 Å². The number of nitrogens with zero attached hydrogens (tertiary/aromatic N) is 8. The number of para-hydroxylation sites is 1. The minimum Gasteiger partial charge on any atom is -0.304 e. The van der Waals surface area contributed by atoms with Crippen LogP contribution in [0.5, 0.6) is 0 Å². The van der Waals surface area contributed by atoms with E-state index in [4.69, 9.17) is 32.9 Å². The highest BCUT2D eigenvalue weighted by molar-refractivity contribution is 7.21. The predicted molar refractivity (Wildman–Crippen MR) is 265 cm³/mol. The summed E-state index contributed by atoms with van der Waals surface area (Å²) in [6.07, 6.45) is 0. The molecule has 3 aliphatic rings. The highest BCUT2D eigenvalue weighted by Gasteiger charge is 2.33. The van der Waals surface area contributed by atoms with Gasteiger partial charge in [-0.15, -0.1) is 11.3 Å². The van der Waals surface area contributed by atoms with Crippen LogP contribution < -0.4 is 37.0 Å². The van der Waals surface area contributed by atoms with Crippen molar-refractivity contribution in [3.8, 4) is 32.8 Å². The second-order valence-corrected chi connectivity index (χ2v) is 29.4. The van der Waals surface area contributed by atoms with Gasteiger partial charge in [-0.2, -0.15) is 0 Å². The minimum absolute atomic E-state index is 0.896. The summed E-state index contributed by atoms with van der Waals surface area (Å²) >= 11 is 1.72. The van der Waals surface area contributed by atoms with E-state index in [1.807, 2.05) is 6.07 Å². The maximum Gasteiger partial charge on any atom is 0.298 e. The number of anilines is 3. The van der Waals surface area contributed by atoms with Crippen LogP contribution in [0.1, 0.15) is 0 Å². The standard InChI is InChI=1S/C51H42N8SSi3/c1-61(2)53-40-19-13-20-41(48(40)56-61)59(43-29-27-38(47-50(43)58-63(5,6)55-47)45-35-16-9-7-14-33(35)30-34-15-8-10-17-36(34)45)42-28-26-37(46-49(42)57-62(3,4)54-46)31-22-24-32(25-23-31)51-52-39-18-11-12-21-44(39)60-51/h7-30H,1-6H3. The Morgan fingerprint density at radius 1 is 0.429 bits per heavy atom. The lowest BCUT2D eigenvalue weighted by molar-refractivity contribution is 1.17. The third-order valence-corrected chi connectivity index (χ3v) is 17.8. The Labute approximate surface area is 371 Å². The van der Waals surface area contributed by atoms with Crippen molar-refractivity contribution in [2.24, 2.45) is 27.9 Å². The molecule has 8 nitrogen and oxygen atoms in total. The third kappa shape index (κ3) is 6.30. The summed E-state index contributed by atoms with van der Waals surface area (Å²) < 4.78 is 33.9. The average Bonchev–Trinajstić information content (AvgIpc) is 4.02. The fourth-order valence-corrected chi connectivity index (χ4v) is 15.3. The monoisotopic (exact) mass is 882 g/mol. The smallest absolute Gasteiger partial charge is 0.298 e. The molecule has 63 heavy (non-hydrogen) atoms. The largest absolute Gasteiger partial charge is 0.304 e. The van der Waals surface area contributed by atoms with Crippen molar-refractivity contribution in [3.05, 3.63) is 178 Å². The molecule has 1 aromatic heterocycles. The first kappa shape index (κ1) is 38.1. The van der Waals surface area contributed by atoms with E-state index < -0.39 is 25.2 Å². The normalized spacial score (nSPS) is 16.0. The molecule has 0 N–H and O–H groups in total. The molecule has 0 amide bonds. The lowest BCUT2D eigenvalue weighted by Crippen LogP contribution is -2.38. The van der Waals surface area contributed by atoms with Gasteiger partial charge in [-0.05, 0) is 120 Å². The number of rotatable bonds is 6. The molecule has 0 bridgehead atoms. The molecule has 0 unspecified atom stereocenters. The van der Waals surface area contributed by atoms with Crippen LogP contribution >= 0.6 is 11.3 Å². The Hall–Kier alpha value is -6.58. The Balaban J connectivity index is 1.10. The van der Waals surface area contributed by atoms with Gasteiger partial charge in [0.1, 0.15) is 5.01 Å². The van der Waals surface area contributed by atoms with Crippen molar-refractivity contribution < 1.29 is 0 Å². The molecule has 304 valence electrons. The predicted octanol–water partition coefficient (Wildman–Crippen LogP) is 9.94. The van der Waals surface area contributed by atoms with Gasteiger partial charge >= 0.3 is 0 Å². The second kappa shape index (κ2) is 13.7. The van der Waals surface area contributed by atoms with Crippen LogP contribution in [0.4, 0.5) is 17.1 Å². The number of aromatic nitrogens is 1. The topological polar surface area (TPSA) is 90.3 Å². The summed E-state index contributed by atoms with van der Waals surface area (Å²) in [4.78, 5) is 7.28. The number of hydrogen-bond acceptors (Lipinski definition) is 9. The molecule has 9 aromatic rings. The third-order valence-electron chi connectivity index (χ3n) is 12.1. The molecule has 0 radical (unpaired) electrons. The molecule has 0 spiro atoms. The fraction of sp³-hybridized carbons (Fsp3) is 0.118. The maximum atomic E-state index is 5.59. The summed E-state index contributed by atoms with van der Waals surface area (Å²) in [5.74, 6) is 0. The zero-order chi connectivity index (χ0) is 42.8. The Bertz CT molecular complexity index is 3780. The lowest BCUT2D eigenvalue weighted by Gasteiger charge is -2.26. The molecule has 0 aliphatic carbocycles. The van der Waals surface area contributed by atoms with Crippen LogP contribution in [0.15, 0.2) is 174 Å². The average molecular weight is 883 g/mol. The second-order valence-electron chi connectivity index (χ2n) is 18.1. The van der Waals surface area contributed by atoms with Gasteiger partial charge in [0.15, 0.2) is 0 Å². The summed E-state index contributed by atoms with van der Waals surface area (Å²) in [6.45, 7) is 13.3. The van der Waals surface area contributed by atoms with Gasteiger partial charge in [0.2, 0.25) is 0 Å². The van der Waals surface area contributed by atoms with Gasteiger partial charge in [-0.1, -0.05) is 97.1 Å². The van der Waals surface area contributed by atoms with E-state index in [1.165, 1.54) is 31.8 Å². The van der Waals surface area contributed by atoms with Crippen LogP contribution in [0.3, 0.4) is 0 Å². The van der Waals surface area contributed by atoms with Crippen molar-refractivity contribution in [1.82, 2.24) is 4.98 Å². The summed E-state index contributed by atoms with van der Waals surface area (Å²) in [5.41, 5.74) is 9.42. The van der Waals surface area contributed by atoms with Crippen LogP contribution in [0, 0.1) is 0 Å². The zero-order valence-electron chi connectivity index (χ0n) is 35.8. The SMILES string of the molecule is C[Si]1(C)N=c2cccc(N(c3ccc(-c4ccc(-c5nc6ccccc6s5)cc4)c4c3=N[Si](C)(C)N=4)c3ccc(-c4c5ccccc5cc5ccccc45)c4c3=N[Si](C)(C)N=4)c2=N1. The molecule has 0 fully saturated rings. The summed E-state index contributed by atoms with van der Waals surface area (Å²) in [6, 6.07) is 52.1. The van der Waals surface area contributed by atoms with Crippen molar-refractivity contribution in [2.75, 3.05) is 4.90 Å². The van der Waals surface area contributed by atoms with Gasteiger partial charge in [-0.25, -0.2) is 4.98 Å². The van der Waals surface area contributed by atoms with Gasteiger partial charge < -0.3 is 4.90 Å². The highest BCUT2D eigenvalue weighted by atomic mass is 32.1. The van der Waals surface area contributed by atoms with Crippen molar-refractivity contribution in [3.63, 3.8) is 0 Å². The fourth-order valence-electron chi connectivity index (χ4n) is 9.50. The maximum absolute atomic E-state index is 5.59. The first-order valence-corrected chi connectivity index (χ1v) is 30.9. The Morgan fingerprint density at radius 2 is 0.952 bits per heavy atom. The Kier molecular flexibility index (Phi) is 8.30. The van der Waals surface area contributed by atoms with E-state index >= 15 is 0 Å². The molecule has 0 saturated carbocycles. The summed E-state index contributed by atoms with van der Waals surface area (Å²) in [5, 5.41) is 11.3. The molecular formula is C51H42N8SSi3. The van der Waals surface area contributed by atoms with Crippen LogP contribution in [-0.4, -0.2) is 30.2 Å². The molecule has 4 heterocycles. The molecule has 8 aromatic carbocycles. The van der Waals surface area contributed by atoms with Gasteiger partial charge in [0, 0.05) is 16.7 Å². The van der Waals surface area contributed by atoms with E-state index in [0.29, 0.717) is 0 Å². The van der Waals surface area contributed by atoms with Gasteiger partial charge in [-0.3, -0.25) is 27.9 Å². The van der Waals surface area contributed by atoms with Crippen molar-refractivity contribution >= 4 is 85.4 Å². The van der Waals surface area contributed by atoms with Crippen molar-refractivity contribution in [1.29, 1.82) is 0 Å². The summed E-state index contributed by atoms with van der Waals surface area (Å²) in [7, 11) is -7.13. The molecule has 0 saturated heterocycles. The molecule has 12 heteroatoms. The van der Waals surface area contributed by atoms with Crippen LogP contribution in [0.25, 0.3) is 64.6 Å². The minimum atomic E-state index is -2.45. The first-order valence-electron chi connectivity index (χ1n) is 21.4. The van der Waals surface area contributed by atoms with Crippen molar-refractivity contribution in [2.45, 2.75) is 39.3 Å². The lowest BCUT2D eigenvalue weighted by atomic mass is 9.91. The van der Waals surface area contributed by atoms with Gasteiger partial charge in [0.25, 0.3) is 25.2 Å². The number of thiazole rings is 1. The van der Waals surface area contributed by atoms with E-state index in [1.54, 1.807) is 11.3 Å². The van der Waals surface area contributed by atoms with E-state index in [9.17, 15) is 0 Å². The van der Waals surface area contributed by atoms with Crippen LogP contribution in [-0.2, 0) is 0 Å². The van der Waals surface area contributed by atoms with E-state index in [-0.39, 0.29) is 0 Å².